The number of carbonyl (C=O) groups is 2. The van der Waals surface area contributed by atoms with E-state index in [0.29, 0.717) is 34.4 Å². The highest BCUT2D eigenvalue weighted by Gasteiger charge is 2.30. The number of imide groups is 1. The molecule has 158 valence electrons. The van der Waals surface area contributed by atoms with Crippen molar-refractivity contribution in [3.8, 4) is 0 Å². The third-order valence-corrected chi connectivity index (χ3v) is 5.01. The van der Waals surface area contributed by atoms with Gasteiger partial charge in [-0.2, -0.15) is 9.61 Å². The first kappa shape index (κ1) is 20.4. The van der Waals surface area contributed by atoms with Crippen LogP contribution in [0, 0.1) is 5.92 Å². The number of nitrogens with one attached hydrogen (secondary N) is 1. The van der Waals surface area contributed by atoms with Crippen LogP contribution in [0.3, 0.4) is 0 Å². The van der Waals surface area contributed by atoms with Crippen molar-refractivity contribution < 1.29 is 14.3 Å². The third kappa shape index (κ3) is 4.33. The van der Waals surface area contributed by atoms with Gasteiger partial charge in [0.05, 0.1) is 12.6 Å². The molecule has 1 aliphatic heterocycles. The van der Waals surface area contributed by atoms with Gasteiger partial charge < -0.3 is 4.74 Å². The normalized spacial score (nSPS) is 18.2. The Balaban J connectivity index is 1.77. The predicted molar refractivity (Wildman–Crippen MR) is 114 cm³/mol. The lowest BCUT2D eigenvalue weighted by molar-refractivity contribution is -0.124. The summed E-state index contributed by atoms with van der Waals surface area (Å²) in [6, 6.07) is 1.73. The van der Waals surface area contributed by atoms with Gasteiger partial charge in [0.15, 0.2) is 11.5 Å². The van der Waals surface area contributed by atoms with E-state index in [1.54, 1.807) is 22.9 Å². The third-order valence-electron chi connectivity index (χ3n) is 4.81. The maximum absolute atomic E-state index is 11.9. The van der Waals surface area contributed by atoms with Crippen molar-refractivity contribution in [1.82, 2.24) is 19.9 Å². The number of anilines is 1. The van der Waals surface area contributed by atoms with Crippen molar-refractivity contribution in [3.05, 3.63) is 41.0 Å². The van der Waals surface area contributed by atoms with Crippen molar-refractivity contribution >= 4 is 41.0 Å². The van der Waals surface area contributed by atoms with E-state index in [-0.39, 0.29) is 17.5 Å². The standard InChI is InChI=1S/C21H24ClN5O3/c1-12(30-21(2,3)4)26(11-13-5-6-13)18-9-16(22)24-19-15(10-23-27(18)19)7-14-8-17(28)25-20(14)29/h7,9-10,13H,1,5-6,8,11H2,2-4H3,(H,25,28,29). The van der Waals surface area contributed by atoms with Gasteiger partial charge in [-0.05, 0) is 52.2 Å². The highest BCUT2D eigenvalue weighted by Crippen LogP contribution is 2.35. The number of hydrogen-bond donors (Lipinski definition) is 1. The largest absolute Gasteiger partial charge is 0.474 e. The quantitative estimate of drug-likeness (QED) is 0.328. The Morgan fingerprint density at radius 1 is 1.43 bits per heavy atom. The smallest absolute Gasteiger partial charge is 0.254 e. The Morgan fingerprint density at radius 3 is 2.77 bits per heavy atom. The molecule has 3 heterocycles. The number of carbonyl (C=O) groups excluding carboxylic acids is 2. The van der Waals surface area contributed by atoms with Gasteiger partial charge in [-0.1, -0.05) is 11.6 Å². The number of ether oxygens (including phenoxy) is 1. The van der Waals surface area contributed by atoms with Crippen LogP contribution in [0.4, 0.5) is 5.82 Å². The molecule has 1 saturated carbocycles. The van der Waals surface area contributed by atoms with Crippen molar-refractivity contribution in [1.29, 1.82) is 0 Å². The maximum atomic E-state index is 11.9. The molecular formula is C21H24ClN5O3. The van der Waals surface area contributed by atoms with Crippen LogP contribution < -0.4 is 10.2 Å². The molecule has 8 nitrogen and oxygen atoms in total. The molecule has 2 aliphatic rings. The number of fused-ring (bicyclic) bond motifs is 1. The minimum Gasteiger partial charge on any atom is -0.474 e. The first-order valence-corrected chi connectivity index (χ1v) is 10.2. The Bertz CT molecular complexity index is 1080. The Morgan fingerprint density at radius 2 is 2.17 bits per heavy atom. The fraction of sp³-hybridized carbons (Fsp3) is 0.429. The lowest BCUT2D eigenvalue weighted by atomic mass is 10.1. The summed E-state index contributed by atoms with van der Waals surface area (Å²) >= 11 is 6.35. The van der Waals surface area contributed by atoms with Crippen LogP contribution in [-0.2, 0) is 14.3 Å². The molecule has 1 N–H and O–H groups in total. The van der Waals surface area contributed by atoms with E-state index < -0.39 is 11.5 Å². The van der Waals surface area contributed by atoms with E-state index in [4.69, 9.17) is 16.3 Å². The first-order valence-electron chi connectivity index (χ1n) is 9.85. The molecule has 1 saturated heterocycles. The van der Waals surface area contributed by atoms with Crippen LogP contribution in [-0.4, -0.2) is 38.6 Å². The minimum absolute atomic E-state index is 0.0353. The summed E-state index contributed by atoms with van der Waals surface area (Å²) in [6.07, 6.45) is 5.57. The number of rotatable bonds is 6. The molecule has 0 radical (unpaired) electrons. The van der Waals surface area contributed by atoms with Gasteiger partial charge in [0.1, 0.15) is 16.6 Å². The molecular weight excluding hydrogens is 406 g/mol. The van der Waals surface area contributed by atoms with Gasteiger partial charge in [0, 0.05) is 23.7 Å². The van der Waals surface area contributed by atoms with E-state index in [9.17, 15) is 9.59 Å². The maximum Gasteiger partial charge on any atom is 0.254 e. The second-order valence-electron chi connectivity index (χ2n) is 8.66. The number of aromatic nitrogens is 3. The summed E-state index contributed by atoms with van der Waals surface area (Å²) in [5.74, 6) is 1.03. The van der Waals surface area contributed by atoms with Crippen molar-refractivity contribution in [2.24, 2.45) is 5.92 Å². The lowest BCUT2D eigenvalue weighted by Crippen LogP contribution is -2.32. The summed E-state index contributed by atoms with van der Waals surface area (Å²) in [5, 5.41) is 7.03. The van der Waals surface area contributed by atoms with Crippen molar-refractivity contribution in [3.63, 3.8) is 0 Å². The Hall–Kier alpha value is -2.87. The van der Waals surface area contributed by atoms with Crippen LogP contribution in [0.25, 0.3) is 11.7 Å². The summed E-state index contributed by atoms with van der Waals surface area (Å²) in [5.41, 5.74) is 1.05. The zero-order chi connectivity index (χ0) is 21.6. The topological polar surface area (TPSA) is 88.8 Å². The summed E-state index contributed by atoms with van der Waals surface area (Å²) in [6.45, 7) is 10.8. The van der Waals surface area contributed by atoms with E-state index >= 15 is 0 Å². The van der Waals surface area contributed by atoms with Crippen molar-refractivity contribution in [2.75, 3.05) is 11.4 Å². The molecule has 4 rings (SSSR count). The zero-order valence-electron chi connectivity index (χ0n) is 17.2. The second kappa shape index (κ2) is 7.43. The molecule has 2 fully saturated rings. The average Bonchev–Trinajstić information content (AvgIpc) is 3.28. The molecule has 0 spiro atoms. The van der Waals surface area contributed by atoms with Crippen LogP contribution in [0.2, 0.25) is 5.15 Å². The Labute approximate surface area is 179 Å². The fourth-order valence-electron chi connectivity index (χ4n) is 3.33. The molecule has 0 aromatic carbocycles. The Kier molecular flexibility index (Phi) is 5.05. The second-order valence-corrected chi connectivity index (χ2v) is 9.05. The number of hydrogen-bond acceptors (Lipinski definition) is 6. The van der Waals surface area contributed by atoms with E-state index in [2.05, 4.69) is 22.0 Å². The SMILES string of the molecule is C=C(OC(C)(C)C)N(CC1CC1)c1cc(Cl)nc2c(C=C3CC(=O)NC3=O)cnn12. The van der Waals surface area contributed by atoms with E-state index in [1.807, 2.05) is 25.7 Å². The molecule has 2 aromatic rings. The molecule has 0 bridgehead atoms. The zero-order valence-corrected chi connectivity index (χ0v) is 18.0. The number of halogens is 1. The number of nitrogens with zero attached hydrogens (tertiary/aromatic N) is 4. The highest BCUT2D eigenvalue weighted by molar-refractivity contribution is 6.29. The highest BCUT2D eigenvalue weighted by atomic mass is 35.5. The summed E-state index contributed by atoms with van der Waals surface area (Å²) in [7, 11) is 0. The fourth-order valence-corrected chi connectivity index (χ4v) is 3.51. The monoisotopic (exact) mass is 429 g/mol. The van der Waals surface area contributed by atoms with Crippen LogP contribution >= 0.6 is 11.6 Å². The summed E-state index contributed by atoms with van der Waals surface area (Å²) < 4.78 is 7.70. The first-order chi connectivity index (χ1) is 14.1. The molecule has 9 heteroatoms. The number of amides is 2. The van der Waals surface area contributed by atoms with Gasteiger partial charge >= 0.3 is 0 Å². The lowest BCUT2D eigenvalue weighted by Gasteiger charge is -2.31. The molecule has 1 aliphatic carbocycles. The average molecular weight is 430 g/mol. The summed E-state index contributed by atoms with van der Waals surface area (Å²) in [4.78, 5) is 29.8. The van der Waals surface area contributed by atoms with Crippen LogP contribution in [0.15, 0.2) is 30.3 Å². The molecule has 0 unspecified atom stereocenters. The van der Waals surface area contributed by atoms with Gasteiger partial charge in [-0.3, -0.25) is 19.8 Å². The van der Waals surface area contributed by atoms with Crippen LogP contribution in [0.5, 0.6) is 0 Å². The molecule has 2 aromatic heterocycles. The van der Waals surface area contributed by atoms with Gasteiger partial charge in [0.2, 0.25) is 5.91 Å². The molecule has 0 atom stereocenters. The van der Waals surface area contributed by atoms with Gasteiger partial charge in [-0.25, -0.2) is 4.98 Å². The van der Waals surface area contributed by atoms with Crippen LogP contribution in [0.1, 0.15) is 45.6 Å². The molecule has 30 heavy (non-hydrogen) atoms. The minimum atomic E-state index is -0.406. The van der Waals surface area contributed by atoms with Crippen molar-refractivity contribution in [2.45, 2.75) is 45.6 Å². The predicted octanol–water partition coefficient (Wildman–Crippen LogP) is 3.32. The molecule has 2 amide bonds. The van der Waals surface area contributed by atoms with Gasteiger partial charge in [0.25, 0.3) is 5.91 Å². The van der Waals surface area contributed by atoms with E-state index in [0.717, 1.165) is 19.4 Å². The van der Waals surface area contributed by atoms with Gasteiger partial charge in [-0.15, -0.1) is 0 Å². The van der Waals surface area contributed by atoms with E-state index in [1.165, 1.54) is 0 Å².